The maximum atomic E-state index is 13.2. The minimum Gasteiger partial charge on any atom is -0.481 e. The molecule has 0 heterocycles. The van der Waals surface area contributed by atoms with Crippen molar-refractivity contribution in [3.63, 3.8) is 0 Å². The van der Waals surface area contributed by atoms with E-state index in [0.717, 1.165) is 6.07 Å². The summed E-state index contributed by atoms with van der Waals surface area (Å²) in [5.74, 6) is 1.15. The summed E-state index contributed by atoms with van der Waals surface area (Å²) in [7, 11) is 0. The van der Waals surface area contributed by atoms with E-state index >= 15 is 0 Å². The monoisotopic (exact) mass is 222 g/mol. The summed E-state index contributed by atoms with van der Waals surface area (Å²) in [4.78, 5) is 20.9. The third-order valence-corrected chi connectivity index (χ3v) is 1.70. The molecule has 82 valence electrons. The number of carboxylic acid groups (broad SMARTS) is 2. The van der Waals surface area contributed by atoms with Crippen LogP contribution in [0.2, 0.25) is 0 Å². The Bertz CT molecular complexity index is 496. The Labute approximate surface area is 90.3 Å². The normalized spacial score (nSPS) is 9.06. The van der Waals surface area contributed by atoms with E-state index in [2.05, 4.69) is 11.8 Å². The first-order valence-corrected chi connectivity index (χ1v) is 4.25. The van der Waals surface area contributed by atoms with E-state index in [1.165, 1.54) is 12.1 Å². The highest BCUT2D eigenvalue weighted by molar-refractivity contribution is 5.90. The summed E-state index contributed by atoms with van der Waals surface area (Å²) in [5, 5.41) is 17.1. The Hall–Kier alpha value is -2.35. The Balaban J connectivity index is 3.14. The molecule has 0 aromatic heterocycles. The van der Waals surface area contributed by atoms with E-state index in [9.17, 15) is 14.0 Å². The summed E-state index contributed by atoms with van der Waals surface area (Å²) >= 11 is 0. The molecule has 0 unspecified atom stereocenters. The van der Waals surface area contributed by atoms with Gasteiger partial charge in [-0.3, -0.25) is 4.79 Å². The first-order chi connectivity index (χ1) is 7.52. The van der Waals surface area contributed by atoms with Gasteiger partial charge in [0, 0.05) is 0 Å². The molecule has 0 bridgehead atoms. The summed E-state index contributed by atoms with van der Waals surface area (Å²) in [5.41, 5.74) is -0.575. The first-order valence-electron chi connectivity index (χ1n) is 4.25. The quantitative estimate of drug-likeness (QED) is 0.740. The van der Waals surface area contributed by atoms with E-state index in [-0.39, 0.29) is 11.1 Å². The summed E-state index contributed by atoms with van der Waals surface area (Å²) in [6.07, 6.45) is -0.465. The summed E-state index contributed by atoms with van der Waals surface area (Å²) in [6.45, 7) is 0. The summed E-state index contributed by atoms with van der Waals surface area (Å²) in [6, 6.07) is 3.52. The number of carboxylic acids is 2. The molecule has 4 nitrogen and oxygen atoms in total. The molecule has 0 fully saturated rings. The van der Waals surface area contributed by atoms with Crippen molar-refractivity contribution in [2.24, 2.45) is 0 Å². The lowest BCUT2D eigenvalue weighted by molar-refractivity contribution is -0.135. The van der Waals surface area contributed by atoms with E-state index in [4.69, 9.17) is 10.2 Å². The fraction of sp³-hybridized carbons (Fsp3) is 0.0909. The van der Waals surface area contributed by atoms with E-state index in [1.54, 1.807) is 0 Å². The lowest BCUT2D eigenvalue weighted by Gasteiger charge is -1.99. The van der Waals surface area contributed by atoms with Crippen molar-refractivity contribution >= 4 is 11.9 Å². The highest BCUT2D eigenvalue weighted by Crippen LogP contribution is 2.12. The fourth-order valence-corrected chi connectivity index (χ4v) is 1.04. The Morgan fingerprint density at radius 1 is 1.31 bits per heavy atom. The number of aromatic carboxylic acids is 1. The van der Waals surface area contributed by atoms with Crippen molar-refractivity contribution in [1.29, 1.82) is 0 Å². The van der Waals surface area contributed by atoms with E-state index in [0.29, 0.717) is 0 Å². The summed E-state index contributed by atoms with van der Waals surface area (Å²) < 4.78 is 13.2. The number of carbonyl (C=O) groups is 2. The molecular weight excluding hydrogens is 215 g/mol. The van der Waals surface area contributed by atoms with Gasteiger partial charge < -0.3 is 10.2 Å². The molecule has 1 aromatic rings. The Morgan fingerprint density at radius 3 is 2.56 bits per heavy atom. The second kappa shape index (κ2) is 4.94. The SMILES string of the molecule is O=C(O)CC#Cc1c(F)cccc1C(=O)O. The predicted octanol–water partition coefficient (Wildman–Crippen LogP) is 1.35. The zero-order valence-electron chi connectivity index (χ0n) is 8.03. The fourth-order valence-electron chi connectivity index (χ4n) is 1.04. The number of hydrogen-bond acceptors (Lipinski definition) is 2. The Kier molecular flexibility index (Phi) is 3.62. The molecule has 0 aliphatic heterocycles. The number of halogens is 1. The van der Waals surface area contributed by atoms with Gasteiger partial charge in [0.25, 0.3) is 0 Å². The van der Waals surface area contributed by atoms with Gasteiger partial charge in [0.15, 0.2) is 0 Å². The van der Waals surface area contributed by atoms with Gasteiger partial charge in [-0.15, -0.1) is 0 Å². The molecule has 0 aliphatic carbocycles. The van der Waals surface area contributed by atoms with Crippen LogP contribution >= 0.6 is 0 Å². The van der Waals surface area contributed by atoms with Crippen LogP contribution in [0.4, 0.5) is 4.39 Å². The van der Waals surface area contributed by atoms with Gasteiger partial charge in [0.05, 0.1) is 11.1 Å². The molecular formula is C11H7FO4. The average Bonchev–Trinajstić information content (AvgIpc) is 2.19. The van der Waals surface area contributed by atoms with Gasteiger partial charge >= 0.3 is 11.9 Å². The average molecular weight is 222 g/mol. The van der Waals surface area contributed by atoms with E-state index < -0.39 is 24.2 Å². The maximum Gasteiger partial charge on any atom is 0.337 e. The predicted molar refractivity (Wildman–Crippen MR) is 52.5 cm³/mol. The zero-order valence-corrected chi connectivity index (χ0v) is 8.03. The molecule has 1 rings (SSSR count). The largest absolute Gasteiger partial charge is 0.481 e. The van der Waals surface area contributed by atoms with Crippen molar-refractivity contribution in [1.82, 2.24) is 0 Å². The number of benzene rings is 1. The number of hydrogen-bond donors (Lipinski definition) is 2. The van der Waals surface area contributed by atoms with Crippen LogP contribution in [0.1, 0.15) is 22.3 Å². The highest BCUT2D eigenvalue weighted by atomic mass is 19.1. The van der Waals surface area contributed by atoms with Crippen LogP contribution in [0.5, 0.6) is 0 Å². The van der Waals surface area contributed by atoms with E-state index in [1.807, 2.05) is 0 Å². The second-order valence-corrected chi connectivity index (χ2v) is 2.84. The molecule has 0 amide bonds. The lowest BCUT2D eigenvalue weighted by Crippen LogP contribution is -2.02. The van der Waals surface area contributed by atoms with Crippen molar-refractivity contribution in [3.8, 4) is 11.8 Å². The van der Waals surface area contributed by atoms with Crippen molar-refractivity contribution < 1.29 is 24.2 Å². The van der Waals surface area contributed by atoms with Crippen LogP contribution in [0.15, 0.2) is 18.2 Å². The van der Waals surface area contributed by atoms with Gasteiger partial charge in [-0.25, -0.2) is 9.18 Å². The smallest absolute Gasteiger partial charge is 0.337 e. The lowest BCUT2D eigenvalue weighted by atomic mass is 10.1. The number of rotatable bonds is 2. The van der Waals surface area contributed by atoms with Crippen LogP contribution < -0.4 is 0 Å². The minimum atomic E-state index is -1.31. The van der Waals surface area contributed by atoms with Crippen LogP contribution in [0.3, 0.4) is 0 Å². The van der Waals surface area contributed by atoms with Crippen molar-refractivity contribution in [2.45, 2.75) is 6.42 Å². The third-order valence-electron chi connectivity index (χ3n) is 1.70. The van der Waals surface area contributed by atoms with Gasteiger partial charge in [-0.05, 0) is 12.1 Å². The van der Waals surface area contributed by atoms with Crippen LogP contribution in [0, 0.1) is 17.7 Å². The highest BCUT2D eigenvalue weighted by Gasteiger charge is 2.11. The molecule has 2 N–H and O–H groups in total. The minimum absolute atomic E-state index is 0.280. The van der Waals surface area contributed by atoms with Crippen molar-refractivity contribution in [2.75, 3.05) is 0 Å². The van der Waals surface area contributed by atoms with Crippen LogP contribution in [-0.4, -0.2) is 22.2 Å². The Morgan fingerprint density at radius 2 is 2.00 bits per heavy atom. The molecule has 0 aliphatic rings. The third kappa shape index (κ3) is 2.82. The molecule has 0 radical (unpaired) electrons. The molecule has 0 saturated carbocycles. The second-order valence-electron chi connectivity index (χ2n) is 2.84. The standard InChI is InChI=1S/C11H7FO4/c12-9-5-1-4-8(11(15)16)7(9)3-2-6-10(13)14/h1,4-5H,6H2,(H,13,14)(H,15,16). The molecule has 16 heavy (non-hydrogen) atoms. The first kappa shape index (κ1) is 11.7. The van der Waals surface area contributed by atoms with Gasteiger partial charge in [0.1, 0.15) is 12.2 Å². The molecule has 5 heteroatoms. The maximum absolute atomic E-state index is 13.2. The molecule has 1 aromatic carbocycles. The van der Waals surface area contributed by atoms with Crippen molar-refractivity contribution in [3.05, 3.63) is 35.1 Å². The van der Waals surface area contributed by atoms with Gasteiger partial charge in [0.2, 0.25) is 0 Å². The molecule has 0 atom stereocenters. The van der Waals surface area contributed by atoms with Crippen LogP contribution in [0.25, 0.3) is 0 Å². The number of aliphatic carboxylic acids is 1. The van der Waals surface area contributed by atoms with Gasteiger partial charge in [-0.2, -0.15) is 0 Å². The zero-order chi connectivity index (χ0) is 12.1. The topological polar surface area (TPSA) is 74.6 Å². The molecule has 0 spiro atoms. The van der Waals surface area contributed by atoms with Gasteiger partial charge in [-0.1, -0.05) is 17.9 Å². The molecule has 0 saturated heterocycles. The van der Waals surface area contributed by atoms with Crippen LogP contribution in [-0.2, 0) is 4.79 Å².